The van der Waals surface area contributed by atoms with Crippen LogP contribution in [0.25, 0.3) is 0 Å². The zero-order valence-electron chi connectivity index (χ0n) is 10.6. The van der Waals surface area contributed by atoms with E-state index in [9.17, 15) is 0 Å². The van der Waals surface area contributed by atoms with E-state index in [0.717, 1.165) is 28.6 Å². The van der Waals surface area contributed by atoms with E-state index in [1.165, 1.54) is 0 Å². The first-order valence-corrected chi connectivity index (χ1v) is 5.96. The lowest BCUT2D eigenvalue weighted by molar-refractivity contribution is 0.0940. The maximum absolute atomic E-state index is 6.02. The Hall–Kier alpha value is -1.29. The SMILES string of the molecule is COc1ccc2c(c1)OC(C)(C)CN(C)C2=S. The molecule has 2 rings (SSSR count). The molecule has 3 nitrogen and oxygen atoms in total. The van der Waals surface area contributed by atoms with Gasteiger partial charge in [-0.1, -0.05) is 12.2 Å². The van der Waals surface area contributed by atoms with Crippen LogP contribution in [0.2, 0.25) is 0 Å². The van der Waals surface area contributed by atoms with Crippen molar-refractivity contribution in [2.45, 2.75) is 19.4 Å². The Morgan fingerprint density at radius 3 is 2.76 bits per heavy atom. The normalized spacial score (nSPS) is 18.1. The summed E-state index contributed by atoms with van der Waals surface area (Å²) in [6.45, 7) is 4.88. The molecule has 0 bridgehead atoms. The molecule has 4 heteroatoms. The van der Waals surface area contributed by atoms with Gasteiger partial charge in [0.25, 0.3) is 0 Å². The van der Waals surface area contributed by atoms with Crippen LogP contribution in [0.5, 0.6) is 11.5 Å². The first-order valence-electron chi connectivity index (χ1n) is 5.55. The highest BCUT2D eigenvalue weighted by atomic mass is 32.1. The van der Waals surface area contributed by atoms with Crippen molar-refractivity contribution in [3.05, 3.63) is 23.8 Å². The highest BCUT2D eigenvalue weighted by Gasteiger charge is 2.30. The van der Waals surface area contributed by atoms with Gasteiger partial charge in [-0.05, 0) is 26.0 Å². The van der Waals surface area contributed by atoms with Gasteiger partial charge in [0, 0.05) is 13.1 Å². The van der Waals surface area contributed by atoms with Gasteiger partial charge in [-0.15, -0.1) is 0 Å². The number of benzene rings is 1. The Labute approximate surface area is 107 Å². The maximum Gasteiger partial charge on any atom is 0.134 e. The molecule has 0 amide bonds. The summed E-state index contributed by atoms with van der Waals surface area (Å²) in [5, 5.41) is 0. The summed E-state index contributed by atoms with van der Waals surface area (Å²) in [6.07, 6.45) is 0. The molecule has 0 N–H and O–H groups in total. The van der Waals surface area contributed by atoms with Crippen LogP contribution in [-0.4, -0.2) is 36.2 Å². The quantitative estimate of drug-likeness (QED) is 0.715. The lowest BCUT2D eigenvalue weighted by Crippen LogP contribution is -2.40. The Balaban J connectivity index is 2.51. The van der Waals surface area contributed by atoms with Crippen LogP contribution in [0.15, 0.2) is 18.2 Å². The van der Waals surface area contributed by atoms with Gasteiger partial charge < -0.3 is 14.4 Å². The van der Waals surface area contributed by atoms with Crippen LogP contribution in [0.4, 0.5) is 0 Å². The highest BCUT2D eigenvalue weighted by molar-refractivity contribution is 7.80. The van der Waals surface area contributed by atoms with Crippen molar-refractivity contribution in [2.75, 3.05) is 20.7 Å². The van der Waals surface area contributed by atoms with E-state index in [2.05, 4.69) is 13.8 Å². The number of ether oxygens (including phenoxy) is 2. The first kappa shape index (κ1) is 12.2. The Morgan fingerprint density at radius 2 is 2.12 bits per heavy atom. The smallest absolute Gasteiger partial charge is 0.134 e. The van der Waals surface area contributed by atoms with Gasteiger partial charge >= 0.3 is 0 Å². The first-order chi connectivity index (χ1) is 7.93. The molecule has 0 saturated carbocycles. The fourth-order valence-corrected chi connectivity index (χ4v) is 2.30. The molecule has 92 valence electrons. The third kappa shape index (κ3) is 2.36. The minimum absolute atomic E-state index is 0.267. The largest absolute Gasteiger partial charge is 0.497 e. The monoisotopic (exact) mass is 251 g/mol. The molecule has 0 atom stereocenters. The average Bonchev–Trinajstić information content (AvgIpc) is 2.33. The van der Waals surface area contributed by atoms with Crippen molar-refractivity contribution < 1.29 is 9.47 Å². The van der Waals surface area contributed by atoms with Crippen LogP contribution in [0.1, 0.15) is 19.4 Å². The zero-order chi connectivity index (χ0) is 12.6. The molecule has 0 radical (unpaired) electrons. The summed E-state index contributed by atoms with van der Waals surface area (Å²) in [4.78, 5) is 2.86. The number of nitrogens with zero attached hydrogens (tertiary/aromatic N) is 1. The van der Waals surface area contributed by atoms with E-state index < -0.39 is 0 Å². The predicted octanol–water partition coefficient (Wildman–Crippen LogP) is 2.47. The second-order valence-electron chi connectivity index (χ2n) is 4.89. The van der Waals surface area contributed by atoms with E-state index in [1.54, 1.807) is 7.11 Å². The van der Waals surface area contributed by atoms with Crippen LogP contribution < -0.4 is 9.47 Å². The molecule has 0 spiro atoms. The lowest BCUT2D eigenvalue weighted by atomic mass is 10.1. The molecule has 0 fully saturated rings. The van der Waals surface area contributed by atoms with Gasteiger partial charge in [-0.2, -0.15) is 0 Å². The van der Waals surface area contributed by atoms with Gasteiger partial charge in [0.2, 0.25) is 0 Å². The van der Waals surface area contributed by atoms with E-state index in [1.807, 2.05) is 30.1 Å². The van der Waals surface area contributed by atoms with Gasteiger partial charge in [-0.25, -0.2) is 0 Å². The van der Waals surface area contributed by atoms with Crippen LogP contribution in [0, 0.1) is 0 Å². The van der Waals surface area contributed by atoms with Gasteiger partial charge in [0.05, 0.1) is 19.2 Å². The topological polar surface area (TPSA) is 21.7 Å². The van der Waals surface area contributed by atoms with Crippen LogP contribution >= 0.6 is 12.2 Å². The zero-order valence-corrected chi connectivity index (χ0v) is 11.4. The molecule has 0 unspecified atom stereocenters. The summed E-state index contributed by atoms with van der Waals surface area (Å²) in [5.74, 6) is 1.58. The summed E-state index contributed by atoms with van der Waals surface area (Å²) < 4.78 is 11.2. The Kier molecular flexibility index (Phi) is 3.00. The third-order valence-electron chi connectivity index (χ3n) is 2.77. The minimum atomic E-state index is -0.267. The molecule has 0 aromatic heterocycles. The fraction of sp³-hybridized carbons (Fsp3) is 0.462. The number of hydrogen-bond acceptors (Lipinski definition) is 3. The van der Waals surface area contributed by atoms with Crippen molar-refractivity contribution in [1.82, 2.24) is 4.90 Å². The molecular weight excluding hydrogens is 234 g/mol. The van der Waals surface area contributed by atoms with Gasteiger partial charge in [0.15, 0.2) is 0 Å². The third-order valence-corrected chi connectivity index (χ3v) is 3.30. The summed E-state index contributed by atoms with van der Waals surface area (Å²) in [5.41, 5.74) is 0.685. The Morgan fingerprint density at radius 1 is 1.41 bits per heavy atom. The second kappa shape index (κ2) is 4.18. The number of rotatable bonds is 1. The molecule has 0 saturated heterocycles. The summed E-state index contributed by atoms with van der Waals surface area (Å²) in [6, 6.07) is 5.75. The van der Waals surface area contributed by atoms with E-state index in [0.29, 0.717) is 0 Å². The fourth-order valence-electron chi connectivity index (χ4n) is 2.07. The highest BCUT2D eigenvalue weighted by Crippen LogP contribution is 2.32. The number of hydrogen-bond donors (Lipinski definition) is 0. The van der Waals surface area contributed by atoms with Crippen LogP contribution in [-0.2, 0) is 0 Å². The lowest BCUT2D eigenvalue weighted by Gasteiger charge is -2.28. The molecule has 0 aliphatic carbocycles. The van der Waals surface area contributed by atoms with Crippen molar-refractivity contribution >= 4 is 17.2 Å². The predicted molar refractivity (Wildman–Crippen MR) is 72.0 cm³/mol. The Bertz CT molecular complexity index is 457. The summed E-state index contributed by atoms with van der Waals surface area (Å²) >= 11 is 5.46. The van der Waals surface area contributed by atoms with Crippen molar-refractivity contribution in [3.8, 4) is 11.5 Å². The molecule has 1 aromatic rings. The molecule has 1 aliphatic rings. The second-order valence-corrected chi connectivity index (χ2v) is 5.27. The molecule has 1 heterocycles. The van der Waals surface area contributed by atoms with Crippen molar-refractivity contribution in [1.29, 1.82) is 0 Å². The van der Waals surface area contributed by atoms with E-state index in [-0.39, 0.29) is 5.60 Å². The van der Waals surface area contributed by atoms with Gasteiger partial charge in [-0.3, -0.25) is 0 Å². The average molecular weight is 251 g/mol. The number of fused-ring (bicyclic) bond motifs is 1. The van der Waals surface area contributed by atoms with Gasteiger partial charge in [0.1, 0.15) is 22.1 Å². The minimum Gasteiger partial charge on any atom is -0.497 e. The number of thiocarbonyl (C=S) groups is 1. The molecule has 1 aliphatic heterocycles. The van der Waals surface area contributed by atoms with Crippen molar-refractivity contribution in [2.24, 2.45) is 0 Å². The van der Waals surface area contributed by atoms with Crippen molar-refractivity contribution in [3.63, 3.8) is 0 Å². The van der Waals surface area contributed by atoms with Crippen LogP contribution in [0.3, 0.4) is 0 Å². The number of likely N-dealkylation sites (N-methyl/N-ethyl adjacent to an activating group) is 1. The van der Waals surface area contributed by atoms with E-state index >= 15 is 0 Å². The van der Waals surface area contributed by atoms with E-state index in [4.69, 9.17) is 21.7 Å². The standard InChI is InChI=1S/C13H17NO2S/c1-13(2)8-14(3)12(17)10-6-5-9(15-4)7-11(10)16-13/h5-7H,8H2,1-4H3. The number of methoxy groups -OCH3 is 1. The molecule has 17 heavy (non-hydrogen) atoms. The molecule has 1 aromatic carbocycles. The maximum atomic E-state index is 6.02. The summed E-state index contributed by atoms with van der Waals surface area (Å²) in [7, 11) is 3.64. The molecular formula is C13H17NO2S.